The second-order valence-corrected chi connectivity index (χ2v) is 7.29. The van der Waals surface area contributed by atoms with Crippen molar-refractivity contribution in [1.82, 2.24) is 10.2 Å². The van der Waals surface area contributed by atoms with Gasteiger partial charge in [-0.15, -0.1) is 12.3 Å². The van der Waals surface area contributed by atoms with Crippen LogP contribution in [-0.4, -0.2) is 40.9 Å². The van der Waals surface area contributed by atoms with Gasteiger partial charge in [0.05, 0.1) is 0 Å². The van der Waals surface area contributed by atoms with Gasteiger partial charge >= 0.3 is 0 Å². The average Bonchev–Trinajstić information content (AvgIpc) is 3.37. The van der Waals surface area contributed by atoms with Gasteiger partial charge in [-0.2, -0.15) is 10.2 Å². The van der Waals surface area contributed by atoms with Gasteiger partial charge in [-0.05, 0) is 18.6 Å². The van der Waals surface area contributed by atoms with Crippen molar-refractivity contribution in [2.24, 2.45) is 10.2 Å². The van der Waals surface area contributed by atoms with E-state index in [1.54, 1.807) is 11.0 Å². The van der Waals surface area contributed by atoms with Gasteiger partial charge in [-0.25, -0.2) is 0 Å². The third kappa shape index (κ3) is 3.36. The molecule has 0 saturated carbocycles. The Kier molecular flexibility index (Phi) is 4.59. The Hall–Kier alpha value is -3.21. The predicted octanol–water partition coefficient (Wildman–Crippen LogP) is 1.83. The van der Waals surface area contributed by atoms with Crippen molar-refractivity contribution in [2.75, 3.05) is 11.9 Å². The van der Waals surface area contributed by atoms with Crippen LogP contribution in [0, 0.1) is 12.3 Å². The Bertz CT molecular complexity index is 911. The summed E-state index contributed by atoms with van der Waals surface area (Å²) in [7, 11) is 0. The molecule has 28 heavy (non-hydrogen) atoms. The highest BCUT2D eigenvalue weighted by molar-refractivity contribution is 6.06. The Balaban J connectivity index is 1.42. The smallest absolute Gasteiger partial charge is 0.255 e. The molecule has 1 fully saturated rings. The summed E-state index contributed by atoms with van der Waals surface area (Å²) < 4.78 is 0. The number of imide groups is 1. The summed E-state index contributed by atoms with van der Waals surface area (Å²) in [6.45, 7) is 1.00. The number of fused-ring (bicyclic) bond motifs is 1. The summed E-state index contributed by atoms with van der Waals surface area (Å²) in [5, 5.41) is 14.0. The van der Waals surface area contributed by atoms with Gasteiger partial charge in [0, 0.05) is 55.6 Å². The second-order valence-electron chi connectivity index (χ2n) is 7.29. The minimum Gasteiger partial charge on any atom is -0.385 e. The van der Waals surface area contributed by atoms with E-state index in [9.17, 15) is 14.4 Å². The largest absolute Gasteiger partial charge is 0.385 e. The minimum atomic E-state index is -0.610. The number of anilines is 1. The molecule has 3 aliphatic rings. The zero-order chi connectivity index (χ0) is 19.7. The molecule has 3 heterocycles. The number of benzene rings is 1. The van der Waals surface area contributed by atoms with Crippen molar-refractivity contribution in [1.29, 1.82) is 0 Å². The van der Waals surface area contributed by atoms with Crippen LogP contribution in [-0.2, 0) is 16.1 Å². The summed E-state index contributed by atoms with van der Waals surface area (Å²) >= 11 is 0. The number of carbonyl (C=O) groups is 3. The number of carbonyl (C=O) groups excluding carboxylic acids is 3. The Morgan fingerprint density at radius 1 is 1.29 bits per heavy atom. The molecule has 2 N–H and O–H groups in total. The SMILES string of the molecule is C#CCCC1(CCNc2cccc3c2CN([C@H]2CCC(=O)NC2=O)C3=O)N=N1. The standard InChI is InChI=1S/C20H21N5O3/c1-2-3-9-20(23-24-20)10-11-21-15-6-4-5-13-14(15)12-25(19(13)28)16-7-8-17(26)22-18(16)27/h1,4-6,16,21H,3,7-12H2,(H,22,26,27)/t16-/m0/s1. The lowest BCUT2D eigenvalue weighted by atomic mass is 10.0. The predicted molar refractivity (Wildman–Crippen MR) is 101 cm³/mol. The maximum atomic E-state index is 12.8. The molecule has 144 valence electrons. The molecule has 0 aromatic heterocycles. The zero-order valence-corrected chi connectivity index (χ0v) is 15.4. The lowest BCUT2D eigenvalue weighted by Gasteiger charge is -2.29. The lowest BCUT2D eigenvalue weighted by molar-refractivity contribution is -0.136. The Morgan fingerprint density at radius 2 is 2.11 bits per heavy atom. The molecule has 8 nitrogen and oxygen atoms in total. The van der Waals surface area contributed by atoms with Crippen LogP contribution in [0.3, 0.4) is 0 Å². The molecule has 0 radical (unpaired) electrons. The first-order chi connectivity index (χ1) is 13.5. The van der Waals surface area contributed by atoms with Crippen LogP contribution in [0.25, 0.3) is 0 Å². The van der Waals surface area contributed by atoms with E-state index < -0.39 is 11.9 Å². The fourth-order valence-electron chi connectivity index (χ4n) is 3.82. The van der Waals surface area contributed by atoms with E-state index in [0.717, 1.165) is 24.1 Å². The number of nitrogens with one attached hydrogen (secondary N) is 2. The van der Waals surface area contributed by atoms with E-state index in [0.29, 0.717) is 31.5 Å². The van der Waals surface area contributed by atoms with Gasteiger partial charge in [-0.1, -0.05) is 6.07 Å². The van der Waals surface area contributed by atoms with Crippen LogP contribution in [0.1, 0.15) is 48.0 Å². The lowest BCUT2D eigenvalue weighted by Crippen LogP contribution is -2.52. The van der Waals surface area contributed by atoms with Gasteiger partial charge < -0.3 is 10.2 Å². The molecule has 1 aromatic rings. The van der Waals surface area contributed by atoms with Crippen molar-refractivity contribution < 1.29 is 14.4 Å². The molecule has 1 saturated heterocycles. The molecule has 0 bridgehead atoms. The summed E-state index contributed by atoms with van der Waals surface area (Å²) in [6.07, 6.45) is 8.05. The van der Waals surface area contributed by atoms with Crippen LogP contribution < -0.4 is 10.6 Å². The van der Waals surface area contributed by atoms with E-state index >= 15 is 0 Å². The highest BCUT2D eigenvalue weighted by atomic mass is 16.2. The molecule has 3 aliphatic heterocycles. The number of piperidine rings is 1. The molecule has 1 aromatic carbocycles. The monoisotopic (exact) mass is 379 g/mol. The maximum absolute atomic E-state index is 12.8. The first-order valence-corrected chi connectivity index (χ1v) is 9.41. The first kappa shape index (κ1) is 18.2. The van der Waals surface area contributed by atoms with Crippen molar-refractivity contribution >= 4 is 23.4 Å². The van der Waals surface area contributed by atoms with Crippen molar-refractivity contribution in [2.45, 2.75) is 50.4 Å². The summed E-state index contributed by atoms with van der Waals surface area (Å²) in [4.78, 5) is 37.9. The number of hydrogen-bond donors (Lipinski definition) is 2. The van der Waals surface area contributed by atoms with Crippen LogP contribution in [0.2, 0.25) is 0 Å². The molecule has 8 heteroatoms. The quantitative estimate of drug-likeness (QED) is 0.557. The number of amides is 3. The zero-order valence-electron chi connectivity index (χ0n) is 15.4. The van der Waals surface area contributed by atoms with Crippen LogP contribution in [0.15, 0.2) is 28.4 Å². The Labute approximate surface area is 162 Å². The molecular formula is C20H21N5O3. The first-order valence-electron chi connectivity index (χ1n) is 9.41. The number of terminal acetylenes is 1. The van der Waals surface area contributed by atoms with Crippen molar-refractivity contribution in [3.63, 3.8) is 0 Å². The molecule has 3 amide bonds. The maximum Gasteiger partial charge on any atom is 0.255 e. The molecule has 0 spiro atoms. The average molecular weight is 379 g/mol. The topological polar surface area (TPSA) is 103 Å². The fraction of sp³-hybridized carbons (Fsp3) is 0.450. The van der Waals surface area contributed by atoms with Gasteiger partial charge in [0.2, 0.25) is 11.8 Å². The molecule has 4 rings (SSSR count). The van der Waals surface area contributed by atoms with Gasteiger partial charge in [0.1, 0.15) is 6.04 Å². The Morgan fingerprint density at radius 3 is 2.82 bits per heavy atom. The third-order valence-corrected chi connectivity index (χ3v) is 5.48. The van der Waals surface area contributed by atoms with Gasteiger partial charge in [0.25, 0.3) is 5.91 Å². The van der Waals surface area contributed by atoms with Crippen molar-refractivity contribution in [3.8, 4) is 12.3 Å². The van der Waals surface area contributed by atoms with E-state index in [4.69, 9.17) is 6.42 Å². The van der Waals surface area contributed by atoms with E-state index in [2.05, 4.69) is 26.8 Å². The highest BCUT2D eigenvalue weighted by Crippen LogP contribution is 2.37. The van der Waals surface area contributed by atoms with E-state index in [1.165, 1.54) is 0 Å². The van der Waals surface area contributed by atoms with E-state index in [-0.39, 0.29) is 23.9 Å². The van der Waals surface area contributed by atoms with Crippen LogP contribution >= 0.6 is 0 Å². The molecule has 1 atom stereocenters. The second kappa shape index (κ2) is 7.08. The molecule has 0 aliphatic carbocycles. The van der Waals surface area contributed by atoms with Crippen LogP contribution in [0.4, 0.5) is 5.69 Å². The highest BCUT2D eigenvalue weighted by Gasteiger charge is 2.40. The van der Waals surface area contributed by atoms with E-state index in [1.807, 2.05) is 12.1 Å². The number of nitrogens with zero attached hydrogens (tertiary/aromatic N) is 3. The minimum absolute atomic E-state index is 0.175. The fourth-order valence-corrected chi connectivity index (χ4v) is 3.82. The van der Waals surface area contributed by atoms with Crippen molar-refractivity contribution in [3.05, 3.63) is 29.3 Å². The third-order valence-electron chi connectivity index (χ3n) is 5.48. The number of hydrogen-bond acceptors (Lipinski definition) is 6. The summed E-state index contributed by atoms with van der Waals surface area (Å²) in [6, 6.07) is 4.92. The van der Waals surface area contributed by atoms with Gasteiger partial charge in [0.15, 0.2) is 5.66 Å². The van der Waals surface area contributed by atoms with Crippen LogP contribution in [0.5, 0.6) is 0 Å². The normalized spacial score (nSPS) is 21.9. The summed E-state index contributed by atoms with van der Waals surface area (Å²) in [5.41, 5.74) is 1.98. The molecule has 0 unspecified atom stereocenters. The van der Waals surface area contributed by atoms with Gasteiger partial charge in [-0.3, -0.25) is 19.7 Å². The summed E-state index contributed by atoms with van der Waals surface area (Å²) in [5.74, 6) is 1.75. The molecular weight excluding hydrogens is 358 g/mol. The number of rotatable bonds is 7.